The second kappa shape index (κ2) is 14.6. The Morgan fingerprint density at radius 2 is 1.79 bits per heavy atom. The van der Waals surface area contributed by atoms with E-state index in [0.717, 1.165) is 5.56 Å². The fourth-order valence-electron chi connectivity index (χ4n) is 7.51. The molecule has 8 atom stereocenters. The van der Waals surface area contributed by atoms with Crippen molar-refractivity contribution in [3.05, 3.63) is 97.1 Å². The van der Waals surface area contributed by atoms with E-state index in [4.69, 9.17) is 9.47 Å². The van der Waals surface area contributed by atoms with E-state index in [-0.39, 0.29) is 31.4 Å². The lowest BCUT2D eigenvalue weighted by Gasteiger charge is -2.38. The van der Waals surface area contributed by atoms with Gasteiger partial charge in [-0.15, -0.1) is 13.2 Å². The molecular formula is C37H45N3O7. The number of rotatable bonds is 15. The molecule has 5 rings (SSSR count). The van der Waals surface area contributed by atoms with Crippen molar-refractivity contribution in [2.75, 3.05) is 13.2 Å². The van der Waals surface area contributed by atoms with Crippen molar-refractivity contribution < 1.29 is 33.8 Å². The molecule has 10 heteroatoms. The Kier molecular flexibility index (Phi) is 10.6. The molecule has 0 radical (unpaired) electrons. The Bertz CT molecular complexity index is 1470. The van der Waals surface area contributed by atoms with Gasteiger partial charge in [0.2, 0.25) is 17.7 Å². The Hall–Kier alpha value is -4.28. The molecule has 3 aliphatic heterocycles. The molecule has 0 unspecified atom stereocenters. The third-order valence-corrected chi connectivity index (χ3v) is 9.65. The number of hydrogen-bond donors (Lipinski definition) is 2. The second-order valence-corrected chi connectivity index (χ2v) is 12.8. The summed E-state index contributed by atoms with van der Waals surface area (Å²) in [5.74, 6) is -3.47. The van der Waals surface area contributed by atoms with Crippen LogP contribution >= 0.6 is 0 Å². The van der Waals surface area contributed by atoms with E-state index in [9.17, 15) is 24.3 Å². The highest BCUT2D eigenvalue weighted by atomic mass is 16.6. The summed E-state index contributed by atoms with van der Waals surface area (Å²) in [6, 6.07) is 16.4. The van der Waals surface area contributed by atoms with Crippen molar-refractivity contribution in [3.63, 3.8) is 0 Å². The standard InChI is InChI=1S/C37H45N3O7/c1-5-7-18-29(42)38-25(4)32(27-16-12-9-13-17-27)46-36(45)30-28-19-20-37(47-28)31(30)34(43)40(24(3)23-41)33(37)35(44)39(21-6-2)22-26-14-10-8-11-15-26/h5-6,8-17,24-25,28,30-33,41H,1-2,7,18-23H2,3-4H3,(H,38,42)/t24-,25+,28-,30+,31+,32+,33-,37+/m1/s1. The molecule has 10 nitrogen and oxygen atoms in total. The number of carbonyl (C=O) groups is 4. The Balaban J connectivity index is 1.45. The summed E-state index contributed by atoms with van der Waals surface area (Å²) in [5, 5.41) is 13.2. The third-order valence-electron chi connectivity index (χ3n) is 9.65. The fraction of sp³-hybridized carbons (Fsp3) is 0.459. The first-order valence-corrected chi connectivity index (χ1v) is 16.4. The minimum absolute atomic E-state index is 0.197. The zero-order valence-electron chi connectivity index (χ0n) is 27.1. The van der Waals surface area contributed by atoms with Crippen LogP contribution in [0.1, 0.15) is 56.8 Å². The fourth-order valence-corrected chi connectivity index (χ4v) is 7.51. The number of allylic oxidation sites excluding steroid dienone is 1. The quantitative estimate of drug-likeness (QED) is 0.224. The molecule has 250 valence electrons. The number of fused-ring (bicyclic) bond motifs is 1. The van der Waals surface area contributed by atoms with Crippen molar-refractivity contribution >= 4 is 23.7 Å². The van der Waals surface area contributed by atoms with Crippen LogP contribution in [-0.2, 0) is 35.2 Å². The smallest absolute Gasteiger partial charge is 0.313 e. The van der Waals surface area contributed by atoms with Crippen LogP contribution in [0.25, 0.3) is 0 Å². The molecule has 3 fully saturated rings. The lowest BCUT2D eigenvalue weighted by atomic mass is 9.70. The first-order valence-electron chi connectivity index (χ1n) is 16.4. The van der Waals surface area contributed by atoms with Crippen LogP contribution in [0.5, 0.6) is 0 Å². The average Bonchev–Trinajstić information content (AvgIpc) is 3.73. The van der Waals surface area contributed by atoms with Crippen LogP contribution < -0.4 is 5.32 Å². The molecule has 1 spiro atoms. The maximum Gasteiger partial charge on any atom is 0.313 e. The number of esters is 1. The van der Waals surface area contributed by atoms with Gasteiger partial charge in [0.25, 0.3) is 0 Å². The highest BCUT2D eigenvalue weighted by Crippen LogP contribution is 2.59. The van der Waals surface area contributed by atoms with Crippen LogP contribution in [0.15, 0.2) is 86.0 Å². The van der Waals surface area contributed by atoms with E-state index in [2.05, 4.69) is 18.5 Å². The number of amides is 3. The Morgan fingerprint density at radius 1 is 1.11 bits per heavy atom. The van der Waals surface area contributed by atoms with E-state index in [0.29, 0.717) is 31.4 Å². The van der Waals surface area contributed by atoms with Crippen molar-refractivity contribution in [3.8, 4) is 0 Å². The van der Waals surface area contributed by atoms with Crippen LogP contribution in [0.4, 0.5) is 0 Å². The maximum atomic E-state index is 14.5. The van der Waals surface area contributed by atoms with Crippen molar-refractivity contribution in [2.45, 2.75) is 82.0 Å². The number of hydrogen-bond acceptors (Lipinski definition) is 7. The first-order chi connectivity index (χ1) is 22.7. The highest BCUT2D eigenvalue weighted by Gasteiger charge is 2.75. The summed E-state index contributed by atoms with van der Waals surface area (Å²) in [6.07, 6.45) is 3.51. The number of nitrogens with zero attached hydrogens (tertiary/aromatic N) is 2. The SMILES string of the molecule is C=CCCC(=O)N[C@@H](C)[C@H](OC(=O)[C@@H]1[C@H]2C(=O)N([C@H](C)CO)[C@H](C(=O)N(CC=C)Cc3ccccc3)[C@]23CC[C@H]1O3)c1ccccc1. The molecule has 0 aromatic heterocycles. The Morgan fingerprint density at radius 3 is 2.43 bits per heavy atom. The third kappa shape index (κ3) is 6.62. The number of aliphatic hydroxyl groups is 1. The molecule has 2 aromatic rings. The molecule has 3 saturated heterocycles. The van der Waals surface area contributed by atoms with Gasteiger partial charge in [-0.2, -0.15) is 0 Å². The van der Waals surface area contributed by atoms with Gasteiger partial charge in [0.15, 0.2) is 0 Å². The number of carbonyl (C=O) groups excluding carboxylic acids is 4. The predicted molar refractivity (Wildman–Crippen MR) is 175 cm³/mol. The minimum atomic E-state index is -1.26. The summed E-state index contributed by atoms with van der Waals surface area (Å²) in [6.45, 7) is 11.1. The lowest BCUT2D eigenvalue weighted by Crippen LogP contribution is -2.58. The van der Waals surface area contributed by atoms with E-state index < -0.39 is 59.6 Å². The van der Waals surface area contributed by atoms with E-state index in [1.165, 1.54) is 4.90 Å². The van der Waals surface area contributed by atoms with Gasteiger partial charge in [-0.25, -0.2) is 0 Å². The Labute approximate surface area is 276 Å². The number of benzene rings is 2. The van der Waals surface area contributed by atoms with Gasteiger partial charge in [-0.1, -0.05) is 72.8 Å². The summed E-state index contributed by atoms with van der Waals surface area (Å²) in [5.41, 5.74) is 0.353. The monoisotopic (exact) mass is 643 g/mol. The zero-order chi connectivity index (χ0) is 33.7. The van der Waals surface area contributed by atoms with Gasteiger partial charge >= 0.3 is 5.97 Å². The largest absolute Gasteiger partial charge is 0.455 e. The van der Waals surface area contributed by atoms with Crippen LogP contribution in [0, 0.1) is 11.8 Å². The van der Waals surface area contributed by atoms with Gasteiger partial charge < -0.3 is 29.7 Å². The number of likely N-dealkylation sites (tertiary alicyclic amines) is 1. The number of nitrogens with one attached hydrogen (secondary N) is 1. The normalized spacial score (nSPS) is 26.2. The summed E-state index contributed by atoms with van der Waals surface area (Å²) < 4.78 is 12.8. The van der Waals surface area contributed by atoms with Crippen LogP contribution in [0.3, 0.4) is 0 Å². The van der Waals surface area contributed by atoms with E-state index in [1.54, 1.807) is 30.9 Å². The van der Waals surface area contributed by atoms with Crippen molar-refractivity contribution in [1.29, 1.82) is 0 Å². The molecule has 3 heterocycles. The van der Waals surface area contributed by atoms with Crippen LogP contribution in [0.2, 0.25) is 0 Å². The van der Waals surface area contributed by atoms with Crippen molar-refractivity contribution in [1.82, 2.24) is 15.1 Å². The van der Waals surface area contributed by atoms with Crippen LogP contribution in [-0.4, -0.2) is 81.6 Å². The summed E-state index contributed by atoms with van der Waals surface area (Å²) in [7, 11) is 0. The van der Waals surface area contributed by atoms with Gasteiger partial charge in [0.1, 0.15) is 17.7 Å². The highest BCUT2D eigenvalue weighted by molar-refractivity contribution is 5.98. The molecule has 47 heavy (non-hydrogen) atoms. The molecule has 0 saturated carbocycles. The van der Waals surface area contributed by atoms with Gasteiger partial charge in [0.05, 0.1) is 36.6 Å². The molecule has 2 aromatic carbocycles. The topological polar surface area (TPSA) is 125 Å². The maximum absolute atomic E-state index is 14.5. The molecule has 3 amide bonds. The van der Waals surface area contributed by atoms with Crippen molar-refractivity contribution in [2.24, 2.45) is 11.8 Å². The van der Waals surface area contributed by atoms with Gasteiger partial charge in [0, 0.05) is 19.5 Å². The zero-order valence-corrected chi connectivity index (χ0v) is 27.1. The first kappa shape index (κ1) is 34.1. The number of aliphatic hydroxyl groups excluding tert-OH is 1. The molecule has 2 N–H and O–H groups in total. The molecule has 0 aliphatic carbocycles. The average molecular weight is 644 g/mol. The number of ether oxygens (including phenoxy) is 2. The van der Waals surface area contributed by atoms with Gasteiger partial charge in [-0.3, -0.25) is 19.2 Å². The summed E-state index contributed by atoms with van der Waals surface area (Å²) >= 11 is 0. The molecule has 3 aliphatic rings. The predicted octanol–water partition coefficient (Wildman–Crippen LogP) is 3.71. The van der Waals surface area contributed by atoms with E-state index >= 15 is 0 Å². The molecular weight excluding hydrogens is 598 g/mol. The summed E-state index contributed by atoms with van der Waals surface area (Å²) in [4.78, 5) is 58.7. The second-order valence-electron chi connectivity index (χ2n) is 12.8. The minimum Gasteiger partial charge on any atom is -0.455 e. The lowest BCUT2D eigenvalue weighted by molar-refractivity contribution is -0.162. The van der Waals surface area contributed by atoms with Gasteiger partial charge in [-0.05, 0) is 44.2 Å². The molecule has 2 bridgehead atoms. The van der Waals surface area contributed by atoms with E-state index in [1.807, 2.05) is 60.7 Å².